The first-order chi connectivity index (χ1) is 15.4. The molecule has 1 atom stereocenters. The van der Waals surface area contributed by atoms with E-state index in [2.05, 4.69) is 61.6 Å². The normalized spacial score (nSPS) is 19.3. The largest absolute Gasteiger partial charge is 0.377 e. The molecule has 1 saturated carbocycles. The molecule has 0 aliphatic heterocycles. The summed E-state index contributed by atoms with van der Waals surface area (Å²) in [4.78, 5) is 21.2. The van der Waals surface area contributed by atoms with Gasteiger partial charge in [0.25, 0.3) is 0 Å². The predicted octanol–water partition coefficient (Wildman–Crippen LogP) is 5.17. The van der Waals surface area contributed by atoms with Gasteiger partial charge < -0.3 is 20.9 Å². The van der Waals surface area contributed by atoms with Crippen LogP contribution >= 0.6 is 0 Å². The predicted molar refractivity (Wildman–Crippen MR) is 132 cm³/mol. The lowest BCUT2D eigenvalue weighted by atomic mass is 9.89. The van der Waals surface area contributed by atoms with Crippen molar-refractivity contribution in [2.45, 2.75) is 50.7 Å². The maximum absolute atomic E-state index is 12.3. The molecule has 1 heterocycles. The van der Waals surface area contributed by atoms with Crippen LogP contribution in [-0.4, -0.2) is 42.1 Å². The van der Waals surface area contributed by atoms with Gasteiger partial charge in [-0.25, -0.2) is 9.78 Å². The number of anilines is 2. The van der Waals surface area contributed by atoms with E-state index in [0.29, 0.717) is 6.04 Å². The average Bonchev–Trinajstić information content (AvgIpc) is 2.80. The number of benzene rings is 2. The third kappa shape index (κ3) is 4.64. The number of rotatable bonds is 6. The Morgan fingerprint density at radius 1 is 1.03 bits per heavy atom. The molecular formula is C26H33N5O. The fraction of sp³-hybridized carbons (Fsp3) is 0.385. The summed E-state index contributed by atoms with van der Waals surface area (Å²) in [6.45, 7) is 2.06. The second-order valence-electron chi connectivity index (χ2n) is 8.92. The Bertz CT molecular complexity index is 1060. The highest BCUT2D eigenvalue weighted by Gasteiger charge is 2.31. The summed E-state index contributed by atoms with van der Waals surface area (Å²) >= 11 is 0. The summed E-state index contributed by atoms with van der Waals surface area (Å²) in [6.07, 6.45) is 3.79. The zero-order valence-electron chi connectivity index (χ0n) is 19.2. The van der Waals surface area contributed by atoms with Crippen LogP contribution in [0.15, 0.2) is 60.7 Å². The van der Waals surface area contributed by atoms with E-state index in [9.17, 15) is 4.79 Å². The lowest BCUT2D eigenvalue weighted by molar-refractivity contribution is 0.133. The number of nitrogens with zero attached hydrogens (tertiary/aromatic N) is 3. The van der Waals surface area contributed by atoms with E-state index in [0.717, 1.165) is 53.7 Å². The van der Waals surface area contributed by atoms with Gasteiger partial charge in [-0.2, -0.15) is 0 Å². The number of fused-ring (bicyclic) bond motifs is 1. The van der Waals surface area contributed by atoms with E-state index >= 15 is 0 Å². The van der Waals surface area contributed by atoms with Gasteiger partial charge in [-0.1, -0.05) is 48.5 Å². The van der Waals surface area contributed by atoms with Gasteiger partial charge in [0.2, 0.25) is 0 Å². The van der Waals surface area contributed by atoms with E-state index < -0.39 is 0 Å². The minimum atomic E-state index is -0.343. The molecule has 2 aromatic carbocycles. The van der Waals surface area contributed by atoms with Crippen molar-refractivity contribution in [1.29, 1.82) is 0 Å². The zero-order chi connectivity index (χ0) is 22.7. The lowest BCUT2D eigenvalue weighted by Crippen LogP contribution is -2.47. The first kappa shape index (κ1) is 21.9. The molecule has 0 spiro atoms. The van der Waals surface area contributed by atoms with Crippen LogP contribution in [0.4, 0.5) is 16.3 Å². The molecule has 3 aromatic rings. The van der Waals surface area contributed by atoms with Crippen LogP contribution < -0.4 is 16.0 Å². The Morgan fingerprint density at radius 3 is 2.34 bits per heavy atom. The fourth-order valence-electron chi connectivity index (χ4n) is 4.89. The lowest BCUT2D eigenvalue weighted by Gasteiger charge is -2.39. The number of pyridine rings is 1. The van der Waals surface area contributed by atoms with Crippen LogP contribution in [0.5, 0.6) is 0 Å². The summed E-state index contributed by atoms with van der Waals surface area (Å²) in [5.41, 5.74) is 9.08. The van der Waals surface area contributed by atoms with Crippen molar-refractivity contribution < 1.29 is 4.79 Å². The summed E-state index contributed by atoms with van der Waals surface area (Å²) in [5.74, 6) is 0.903. The second-order valence-corrected chi connectivity index (χ2v) is 8.92. The highest BCUT2D eigenvalue weighted by molar-refractivity contribution is 5.93. The molecule has 168 valence electrons. The molecule has 6 nitrogen and oxygen atoms in total. The number of carbonyl (C=O) groups excluding carboxylic acids is 1. The van der Waals surface area contributed by atoms with Crippen molar-refractivity contribution in [1.82, 2.24) is 9.88 Å². The molecule has 32 heavy (non-hydrogen) atoms. The molecule has 1 aromatic heterocycles. The van der Waals surface area contributed by atoms with Gasteiger partial charge in [0.05, 0.1) is 11.6 Å². The fourth-order valence-corrected chi connectivity index (χ4v) is 4.89. The first-order valence-electron chi connectivity index (χ1n) is 11.4. The standard InChI is InChI=1S/C26H33N5O/c1-18(19-9-5-4-6-10-19)31(26(27)32)21-15-13-20(14-16-21)28-25-17-24(30(2)3)22-11-7-8-12-23(22)29-25/h4-12,17-18,20-21H,13-16H2,1-3H3,(H2,27,32)(H,28,29)/t18?,20-,21+. The highest BCUT2D eigenvalue weighted by Crippen LogP contribution is 2.32. The maximum atomic E-state index is 12.3. The number of urea groups is 1. The quantitative estimate of drug-likeness (QED) is 0.565. The van der Waals surface area contributed by atoms with Crippen molar-refractivity contribution in [3.8, 4) is 0 Å². The summed E-state index contributed by atoms with van der Waals surface area (Å²) in [5, 5.41) is 4.80. The molecule has 1 unspecified atom stereocenters. The SMILES string of the molecule is CC(c1ccccc1)N(C(N)=O)[C@H]1CC[C@@H](Nc2cc(N(C)C)c3ccccc3n2)CC1. The Morgan fingerprint density at radius 2 is 1.69 bits per heavy atom. The van der Waals surface area contributed by atoms with Crippen molar-refractivity contribution in [3.63, 3.8) is 0 Å². The number of amides is 2. The monoisotopic (exact) mass is 431 g/mol. The molecule has 2 amide bonds. The number of primary amides is 1. The highest BCUT2D eigenvalue weighted by atomic mass is 16.2. The van der Waals surface area contributed by atoms with Crippen LogP contribution in [0.25, 0.3) is 10.9 Å². The van der Waals surface area contributed by atoms with E-state index in [4.69, 9.17) is 10.7 Å². The number of aromatic nitrogens is 1. The van der Waals surface area contributed by atoms with Crippen LogP contribution in [0.1, 0.15) is 44.2 Å². The van der Waals surface area contributed by atoms with Crippen molar-refractivity contribution in [2.75, 3.05) is 24.3 Å². The van der Waals surface area contributed by atoms with Gasteiger partial charge in [-0.15, -0.1) is 0 Å². The number of para-hydroxylation sites is 1. The molecular weight excluding hydrogens is 398 g/mol. The molecule has 0 saturated heterocycles. The number of hydrogen-bond donors (Lipinski definition) is 2. The van der Waals surface area contributed by atoms with E-state index in [1.54, 1.807) is 0 Å². The Kier molecular flexibility index (Phi) is 6.49. The van der Waals surface area contributed by atoms with Gasteiger partial charge in [-0.3, -0.25) is 0 Å². The number of nitrogens with two attached hydrogens (primary N) is 1. The van der Waals surface area contributed by atoms with Gasteiger partial charge in [0.1, 0.15) is 5.82 Å². The maximum Gasteiger partial charge on any atom is 0.315 e. The van der Waals surface area contributed by atoms with Gasteiger partial charge in [-0.05, 0) is 44.2 Å². The van der Waals surface area contributed by atoms with E-state index in [1.807, 2.05) is 35.2 Å². The summed E-state index contributed by atoms with van der Waals surface area (Å²) in [7, 11) is 4.12. The molecule has 6 heteroatoms. The Hall–Kier alpha value is -3.28. The summed E-state index contributed by atoms with van der Waals surface area (Å²) in [6, 6.07) is 20.6. The van der Waals surface area contributed by atoms with Crippen LogP contribution in [0, 0.1) is 0 Å². The summed E-state index contributed by atoms with van der Waals surface area (Å²) < 4.78 is 0. The zero-order valence-corrected chi connectivity index (χ0v) is 19.2. The minimum Gasteiger partial charge on any atom is -0.377 e. The van der Waals surface area contributed by atoms with Gasteiger partial charge >= 0.3 is 6.03 Å². The van der Waals surface area contributed by atoms with Crippen molar-refractivity contribution >= 4 is 28.4 Å². The first-order valence-corrected chi connectivity index (χ1v) is 11.4. The minimum absolute atomic E-state index is 0.0342. The molecule has 4 rings (SSSR count). The Labute approximate surface area is 190 Å². The molecule has 0 bridgehead atoms. The number of nitrogens with one attached hydrogen (secondary N) is 1. The molecule has 1 aliphatic carbocycles. The van der Waals surface area contributed by atoms with E-state index in [1.165, 1.54) is 0 Å². The van der Waals surface area contributed by atoms with Crippen molar-refractivity contribution in [2.24, 2.45) is 5.73 Å². The van der Waals surface area contributed by atoms with Crippen molar-refractivity contribution in [3.05, 3.63) is 66.2 Å². The smallest absolute Gasteiger partial charge is 0.315 e. The second kappa shape index (κ2) is 9.47. The number of hydrogen-bond acceptors (Lipinski definition) is 4. The molecule has 3 N–H and O–H groups in total. The van der Waals surface area contributed by atoms with Gasteiger partial charge in [0.15, 0.2) is 0 Å². The van der Waals surface area contributed by atoms with Crippen LogP contribution in [0.2, 0.25) is 0 Å². The third-order valence-electron chi connectivity index (χ3n) is 6.57. The average molecular weight is 432 g/mol. The van der Waals surface area contributed by atoms with Crippen LogP contribution in [0.3, 0.4) is 0 Å². The Balaban J connectivity index is 1.45. The third-order valence-corrected chi connectivity index (χ3v) is 6.57. The number of carbonyl (C=O) groups is 1. The molecule has 0 radical (unpaired) electrons. The van der Waals surface area contributed by atoms with Crippen LogP contribution in [-0.2, 0) is 0 Å². The molecule has 1 aliphatic rings. The topological polar surface area (TPSA) is 74.5 Å². The molecule has 1 fully saturated rings. The van der Waals surface area contributed by atoms with E-state index in [-0.39, 0.29) is 18.1 Å². The van der Waals surface area contributed by atoms with Gasteiger partial charge in [0, 0.05) is 43.3 Å².